The van der Waals surface area contributed by atoms with Crippen LogP contribution in [0.1, 0.15) is 39.7 Å². The lowest BCUT2D eigenvalue weighted by Crippen LogP contribution is -2.52. The van der Waals surface area contributed by atoms with Crippen LogP contribution in [0.15, 0.2) is 24.3 Å². The molecule has 0 aliphatic rings. The summed E-state index contributed by atoms with van der Waals surface area (Å²) in [5.41, 5.74) is 1.11. The zero-order chi connectivity index (χ0) is 16.7. The second-order valence-corrected chi connectivity index (χ2v) is 6.06. The van der Waals surface area contributed by atoms with E-state index >= 15 is 0 Å². The van der Waals surface area contributed by atoms with Crippen LogP contribution in [0.5, 0.6) is 5.75 Å². The minimum atomic E-state index is -0.745. The first-order chi connectivity index (χ1) is 10.3. The molecule has 2 atom stereocenters. The fourth-order valence-corrected chi connectivity index (χ4v) is 2.41. The van der Waals surface area contributed by atoms with Gasteiger partial charge in [-0.05, 0) is 43.9 Å². The molecule has 1 rings (SSSR count). The Balaban J connectivity index is 2.87. The number of hydrogen-bond donors (Lipinski definition) is 2. The molecule has 1 aromatic rings. The van der Waals surface area contributed by atoms with Crippen molar-refractivity contribution in [2.24, 2.45) is 5.92 Å². The maximum Gasteiger partial charge on any atom is 0.120 e. The highest BCUT2D eigenvalue weighted by Crippen LogP contribution is 2.17. The zero-order valence-electron chi connectivity index (χ0n) is 14.4. The van der Waals surface area contributed by atoms with Crippen molar-refractivity contribution in [1.29, 1.82) is 0 Å². The Labute approximate surface area is 134 Å². The number of rotatable bonds is 9. The summed E-state index contributed by atoms with van der Waals surface area (Å²) in [5, 5.41) is 23.6. The van der Waals surface area contributed by atoms with Gasteiger partial charge < -0.3 is 14.9 Å². The summed E-state index contributed by atoms with van der Waals surface area (Å²) in [6.45, 7) is 9.08. The lowest BCUT2D eigenvalue weighted by atomic mass is 10.1. The minimum absolute atomic E-state index is 0.559. The van der Waals surface area contributed by atoms with E-state index in [-0.39, 0.29) is 0 Å². The van der Waals surface area contributed by atoms with Crippen molar-refractivity contribution in [1.82, 2.24) is 10.0 Å². The molecule has 5 nitrogen and oxygen atoms in total. The van der Waals surface area contributed by atoms with E-state index < -0.39 is 12.5 Å². The Bertz CT molecular complexity index is 410. The van der Waals surface area contributed by atoms with Gasteiger partial charge in [-0.2, -0.15) is 5.01 Å². The molecule has 0 saturated heterocycles. The molecule has 0 aliphatic heterocycles. The highest BCUT2D eigenvalue weighted by Gasteiger charge is 2.24. The van der Waals surface area contributed by atoms with Gasteiger partial charge in [-0.15, -0.1) is 0 Å². The molecular weight excluding hydrogens is 280 g/mol. The van der Waals surface area contributed by atoms with Crippen LogP contribution in [0.2, 0.25) is 0 Å². The third-order valence-electron chi connectivity index (χ3n) is 3.58. The maximum atomic E-state index is 9.98. The molecule has 0 radical (unpaired) electrons. The number of methoxy groups -OCH3 is 1. The minimum Gasteiger partial charge on any atom is -0.497 e. The van der Waals surface area contributed by atoms with Gasteiger partial charge in [0, 0.05) is 13.1 Å². The van der Waals surface area contributed by atoms with Crippen LogP contribution in [-0.4, -0.2) is 46.3 Å². The van der Waals surface area contributed by atoms with Crippen molar-refractivity contribution >= 4 is 0 Å². The summed E-state index contributed by atoms with van der Waals surface area (Å²) in [6, 6.07) is 7.85. The van der Waals surface area contributed by atoms with Crippen molar-refractivity contribution in [3.05, 3.63) is 29.8 Å². The number of nitrogens with zero attached hydrogens (tertiary/aromatic N) is 2. The first-order valence-electron chi connectivity index (χ1n) is 7.87. The second-order valence-electron chi connectivity index (χ2n) is 6.06. The average Bonchev–Trinajstić information content (AvgIpc) is 2.44. The quantitative estimate of drug-likeness (QED) is 0.542. The van der Waals surface area contributed by atoms with E-state index in [4.69, 9.17) is 4.74 Å². The molecular formula is C17H30N2O3. The SMILES string of the molecule is COc1ccc(CN(CCC(C)C)N(C(C)O)C(C)O)cc1. The van der Waals surface area contributed by atoms with Gasteiger partial charge in [-0.1, -0.05) is 26.0 Å². The maximum absolute atomic E-state index is 9.98. The van der Waals surface area contributed by atoms with E-state index in [0.717, 1.165) is 24.3 Å². The van der Waals surface area contributed by atoms with Crippen molar-refractivity contribution in [3.8, 4) is 5.75 Å². The molecule has 0 bridgehead atoms. The Morgan fingerprint density at radius 3 is 1.95 bits per heavy atom. The van der Waals surface area contributed by atoms with Crippen LogP contribution in [0.3, 0.4) is 0 Å². The summed E-state index contributed by atoms with van der Waals surface area (Å²) < 4.78 is 5.17. The predicted octanol–water partition coefficient (Wildman–Crippen LogP) is 2.44. The van der Waals surface area contributed by atoms with Crippen LogP contribution in [0.4, 0.5) is 0 Å². The number of ether oxygens (including phenoxy) is 1. The smallest absolute Gasteiger partial charge is 0.120 e. The van der Waals surface area contributed by atoms with Crippen LogP contribution in [0, 0.1) is 5.92 Å². The third-order valence-corrected chi connectivity index (χ3v) is 3.58. The first kappa shape index (κ1) is 18.9. The second kappa shape index (κ2) is 9.10. The topological polar surface area (TPSA) is 56.2 Å². The summed E-state index contributed by atoms with van der Waals surface area (Å²) in [5.74, 6) is 1.38. The highest BCUT2D eigenvalue weighted by molar-refractivity contribution is 5.27. The van der Waals surface area contributed by atoms with E-state index in [1.165, 1.54) is 0 Å². The lowest BCUT2D eigenvalue weighted by Gasteiger charge is -2.39. The fourth-order valence-electron chi connectivity index (χ4n) is 2.41. The van der Waals surface area contributed by atoms with E-state index in [9.17, 15) is 10.2 Å². The summed E-state index contributed by atoms with van der Waals surface area (Å²) in [7, 11) is 1.65. The summed E-state index contributed by atoms with van der Waals surface area (Å²) >= 11 is 0. The largest absolute Gasteiger partial charge is 0.497 e. The normalized spacial score (nSPS) is 14.6. The predicted molar refractivity (Wildman–Crippen MR) is 88.1 cm³/mol. The van der Waals surface area contributed by atoms with Crippen LogP contribution in [0.25, 0.3) is 0 Å². The molecule has 2 unspecified atom stereocenters. The molecule has 0 spiro atoms. The number of aliphatic hydroxyl groups excluding tert-OH is 2. The Morgan fingerprint density at radius 1 is 1.00 bits per heavy atom. The van der Waals surface area contributed by atoms with Crippen LogP contribution in [-0.2, 0) is 6.54 Å². The molecule has 0 aliphatic carbocycles. The molecule has 1 aromatic carbocycles. The number of aliphatic hydroxyl groups is 2. The van der Waals surface area contributed by atoms with E-state index in [2.05, 4.69) is 13.8 Å². The molecule has 22 heavy (non-hydrogen) atoms. The summed E-state index contributed by atoms with van der Waals surface area (Å²) in [4.78, 5) is 0. The zero-order valence-corrected chi connectivity index (χ0v) is 14.4. The molecule has 0 fully saturated rings. The van der Waals surface area contributed by atoms with Gasteiger partial charge in [-0.25, -0.2) is 5.01 Å². The van der Waals surface area contributed by atoms with Crippen molar-refractivity contribution in [3.63, 3.8) is 0 Å². The first-order valence-corrected chi connectivity index (χ1v) is 7.87. The monoisotopic (exact) mass is 310 g/mol. The average molecular weight is 310 g/mol. The standard InChI is InChI=1S/C17H30N2O3/c1-13(2)10-11-18(19(14(3)20)15(4)21)12-16-6-8-17(22-5)9-7-16/h6-9,13-15,20-21H,10-12H2,1-5H3. The van der Waals surface area contributed by atoms with Crippen LogP contribution >= 0.6 is 0 Å². The Kier molecular flexibility index (Phi) is 7.82. The molecule has 5 heteroatoms. The molecule has 0 heterocycles. The van der Waals surface area contributed by atoms with Crippen molar-refractivity contribution in [2.45, 2.75) is 53.1 Å². The number of hydrogen-bond acceptors (Lipinski definition) is 5. The molecule has 0 saturated carbocycles. The molecule has 0 amide bonds. The van der Waals surface area contributed by atoms with Gasteiger partial charge in [0.15, 0.2) is 0 Å². The number of hydrazine groups is 1. The van der Waals surface area contributed by atoms with Gasteiger partial charge in [0.2, 0.25) is 0 Å². The number of benzene rings is 1. The van der Waals surface area contributed by atoms with Gasteiger partial charge in [0.1, 0.15) is 18.2 Å². The van der Waals surface area contributed by atoms with E-state index in [1.807, 2.05) is 29.3 Å². The summed E-state index contributed by atoms with van der Waals surface area (Å²) in [6.07, 6.45) is -0.498. The molecule has 0 aromatic heterocycles. The lowest BCUT2D eigenvalue weighted by molar-refractivity contribution is -0.211. The fraction of sp³-hybridized carbons (Fsp3) is 0.647. The van der Waals surface area contributed by atoms with Gasteiger partial charge in [-0.3, -0.25) is 0 Å². The van der Waals surface area contributed by atoms with Gasteiger partial charge >= 0.3 is 0 Å². The third kappa shape index (κ3) is 5.93. The van der Waals surface area contributed by atoms with Gasteiger partial charge in [0.05, 0.1) is 7.11 Å². The Hall–Kier alpha value is -1.14. The van der Waals surface area contributed by atoms with Gasteiger partial charge in [0.25, 0.3) is 0 Å². The van der Waals surface area contributed by atoms with E-state index in [1.54, 1.807) is 26.0 Å². The Morgan fingerprint density at radius 2 is 1.55 bits per heavy atom. The highest BCUT2D eigenvalue weighted by atomic mass is 16.5. The molecule has 126 valence electrons. The van der Waals surface area contributed by atoms with Crippen LogP contribution < -0.4 is 4.74 Å². The van der Waals surface area contributed by atoms with E-state index in [0.29, 0.717) is 12.5 Å². The van der Waals surface area contributed by atoms with Crippen molar-refractivity contribution in [2.75, 3.05) is 13.7 Å². The van der Waals surface area contributed by atoms with Crippen molar-refractivity contribution < 1.29 is 14.9 Å². The molecule has 2 N–H and O–H groups in total.